The Bertz CT molecular complexity index is 1410. The van der Waals surface area contributed by atoms with Gasteiger partial charge < -0.3 is 4.74 Å². The van der Waals surface area contributed by atoms with E-state index in [2.05, 4.69) is 4.98 Å². The number of benzene rings is 2. The van der Waals surface area contributed by atoms with Crippen molar-refractivity contribution in [3.63, 3.8) is 0 Å². The number of primary sulfonamides is 1. The summed E-state index contributed by atoms with van der Waals surface area (Å²) in [5.41, 5.74) is 2.38. The van der Waals surface area contributed by atoms with Crippen molar-refractivity contribution in [3.05, 3.63) is 91.8 Å². The van der Waals surface area contributed by atoms with Gasteiger partial charge in [0, 0.05) is 23.4 Å². The molecule has 0 aliphatic carbocycles. The quantitative estimate of drug-likeness (QED) is 0.537. The molecule has 0 aliphatic rings. The Morgan fingerprint density at radius 1 is 1.06 bits per heavy atom. The maximum absolute atomic E-state index is 12.4. The van der Waals surface area contributed by atoms with Crippen LogP contribution in [0.1, 0.15) is 43.0 Å². The molecule has 1 aromatic heterocycles. The number of H-pyrrole nitrogens is 1. The third kappa shape index (κ3) is 6.09. The minimum atomic E-state index is -3.59. The Labute approximate surface area is 192 Å². The fourth-order valence-corrected chi connectivity index (χ4v) is 4.10. The molecular formula is C24H27N3O5S. The molecule has 0 radical (unpaired) electrons. The first-order chi connectivity index (χ1) is 15.4. The summed E-state index contributed by atoms with van der Waals surface area (Å²) >= 11 is 0. The zero-order valence-electron chi connectivity index (χ0n) is 19.0. The van der Waals surface area contributed by atoms with Crippen LogP contribution in [0, 0.1) is 0 Å². The predicted octanol–water partition coefficient (Wildman–Crippen LogP) is 2.79. The summed E-state index contributed by atoms with van der Waals surface area (Å²) in [5, 5.41) is 5.10. The molecule has 174 valence electrons. The summed E-state index contributed by atoms with van der Waals surface area (Å²) in [7, 11) is -2.00. The van der Waals surface area contributed by atoms with Gasteiger partial charge >= 0.3 is 5.69 Å². The van der Waals surface area contributed by atoms with Gasteiger partial charge in [-0.15, -0.1) is 0 Å². The molecular weight excluding hydrogens is 442 g/mol. The highest BCUT2D eigenvalue weighted by molar-refractivity contribution is 7.88. The smallest absolute Gasteiger partial charge is 0.332 e. The van der Waals surface area contributed by atoms with E-state index < -0.39 is 21.3 Å². The molecule has 0 saturated heterocycles. The van der Waals surface area contributed by atoms with E-state index in [-0.39, 0.29) is 11.2 Å². The molecule has 0 spiro atoms. The van der Waals surface area contributed by atoms with Gasteiger partial charge in [0.2, 0.25) is 10.0 Å². The summed E-state index contributed by atoms with van der Waals surface area (Å²) < 4.78 is 29.7. The third-order valence-corrected chi connectivity index (χ3v) is 5.76. The highest BCUT2D eigenvalue weighted by Gasteiger charge is 2.22. The third-order valence-electron chi connectivity index (χ3n) is 5.02. The van der Waals surface area contributed by atoms with E-state index in [1.807, 2.05) is 39.0 Å². The minimum absolute atomic E-state index is 0.226. The molecule has 33 heavy (non-hydrogen) atoms. The molecule has 3 N–H and O–H groups in total. The molecule has 8 nitrogen and oxygen atoms in total. The number of nitrogens with one attached hydrogen (secondary N) is 1. The number of nitrogens with two attached hydrogens (primary N) is 1. The molecule has 1 heterocycles. The monoisotopic (exact) mass is 469 g/mol. The maximum Gasteiger partial charge on any atom is 0.332 e. The van der Waals surface area contributed by atoms with Gasteiger partial charge in [0.05, 0.1) is 18.6 Å². The van der Waals surface area contributed by atoms with Crippen molar-refractivity contribution in [1.82, 2.24) is 9.55 Å². The highest BCUT2D eigenvalue weighted by atomic mass is 32.2. The van der Waals surface area contributed by atoms with Crippen molar-refractivity contribution in [2.75, 3.05) is 7.11 Å². The summed E-state index contributed by atoms with van der Waals surface area (Å²) in [4.78, 5) is 26.1. The minimum Gasteiger partial charge on any atom is -0.496 e. The molecule has 0 saturated carbocycles. The second-order valence-electron chi connectivity index (χ2n) is 8.73. The second kappa shape index (κ2) is 9.21. The highest BCUT2D eigenvalue weighted by Crippen LogP contribution is 2.37. The van der Waals surface area contributed by atoms with Crippen LogP contribution in [-0.4, -0.2) is 25.1 Å². The van der Waals surface area contributed by atoms with Gasteiger partial charge in [-0.3, -0.25) is 14.3 Å². The largest absolute Gasteiger partial charge is 0.496 e. The Morgan fingerprint density at radius 2 is 1.73 bits per heavy atom. The number of methoxy groups -OCH3 is 1. The van der Waals surface area contributed by atoms with E-state index in [9.17, 15) is 18.0 Å². The lowest BCUT2D eigenvalue weighted by atomic mass is 9.84. The first-order valence-corrected chi connectivity index (χ1v) is 11.9. The fourth-order valence-electron chi connectivity index (χ4n) is 3.45. The fraction of sp³-hybridized carbons (Fsp3) is 0.250. The van der Waals surface area contributed by atoms with Crippen molar-refractivity contribution in [2.24, 2.45) is 5.14 Å². The van der Waals surface area contributed by atoms with Gasteiger partial charge in [0.25, 0.3) is 5.56 Å². The Morgan fingerprint density at radius 3 is 2.27 bits per heavy atom. The molecule has 0 unspecified atom stereocenters. The van der Waals surface area contributed by atoms with Crippen molar-refractivity contribution >= 4 is 22.2 Å². The van der Waals surface area contributed by atoms with Crippen molar-refractivity contribution in [3.8, 4) is 11.4 Å². The number of sulfonamides is 1. The molecule has 0 atom stereocenters. The number of hydrogen-bond acceptors (Lipinski definition) is 5. The lowest BCUT2D eigenvalue weighted by Gasteiger charge is -2.25. The van der Waals surface area contributed by atoms with E-state index in [4.69, 9.17) is 9.88 Å². The number of ether oxygens (including phenoxy) is 1. The predicted molar refractivity (Wildman–Crippen MR) is 130 cm³/mol. The van der Waals surface area contributed by atoms with Crippen LogP contribution >= 0.6 is 0 Å². The van der Waals surface area contributed by atoms with E-state index in [0.717, 1.165) is 16.7 Å². The van der Waals surface area contributed by atoms with Gasteiger partial charge in [0.1, 0.15) is 5.75 Å². The summed E-state index contributed by atoms with van der Waals surface area (Å²) in [6.45, 7) is 6.13. The topological polar surface area (TPSA) is 124 Å². The maximum atomic E-state index is 12.4. The molecule has 9 heteroatoms. The van der Waals surface area contributed by atoms with Gasteiger partial charge in [-0.1, -0.05) is 57.2 Å². The van der Waals surface area contributed by atoms with Crippen molar-refractivity contribution in [2.45, 2.75) is 31.9 Å². The normalized spacial score (nSPS) is 12.3. The number of aromatic nitrogens is 2. The SMILES string of the molecule is COc1c(C=Cc2ccc(CS(N)(=O)=O)cc2)cc(-n2ccc(=O)[nH]c2=O)cc1C(C)(C)C. The van der Waals surface area contributed by atoms with E-state index in [1.165, 1.54) is 16.8 Å². The average molecular weight is 470 g/mol. The van der Waals surface area contributed by atoms with Crippen LogP contribution in [0.5, 0.6) is 5.75 Å². The zero-order valence-corrected chi connectivity index (χ0v) is 19.8. The van der Waals surface area contributed by atoms with Crippen LogP contribution in [0.2, 0.25) is 0 Å². The van der Waals surface area contributed by atoms with Crippen LogP contribution in [0.15, 0.2) is 58.3 Å². The number of aromatic amines is 1. The van der Waals surface area contributed by atoms with E-state index >= 15 is 0 Å². The molecule has 0 amide bonds. The molecule has 0 aliphatic heterocycles. The van der Waals surface area contributed by atoms with Crippen LogP contribution in [0.25, 0.3) is 17.8 Å². The molecule has 0 fully saturated rings. The summed E-state index contributed by atoms with van der Waals surface area (Å²) in [5.74, 6) is 0.446. The summed E-state index contributed by atoms with van der Waals surface area (Å²) in [6, 6.07) is 12.0. The van der Waals surface area contributed by atoms with Gasteiger partial charge in [-0.25, -0.2) is 18.4 Å². The zero-order chi connectivity index (χ0) is 24.4. The molecule has 2 aromatic carbocycles. The molecule has 3 rings (SSSR count). The van der Waals surface area contributed by atoms with Gasteiger partial charge in [-0.2, -0.15) is 0 Å². The lowest BCUT2D eigenvalue weighted by Crippen LogP contribution is -2.28. The molecule has 3 aromatic rings. The lowest BCUT2D eigenvalue weighted by molar-refractivity contribution is 0.396. The standard InChI is InChI=1S/C24H27N3O5S/c1-24(2,3)20-14-19(27-12-11-21(28)26-23(27)29)13-18(22(20)32-4)10-9-16-5-7-17(8-6-16)15-33(25,30)31/h5-14H,15H2,1-4H3,(H2,25,30,31)(H,26,28,29). The first kappa shape index (κ1) is 24.2. The van der Waals surface area contributed by atoms with E-state index in [1.54, 1.807) is 37.4 Å². The van der Waals surface area contributed by atoms with Crippen LogP contribution in [-0.2, 0) is 21.2 Å². The number of rotatable bonds is 6. The number of hydrogen-bond donors (Lipinski definition) is 2. The first-order valence-electron chi connectivity index (χ1n) is 10.2. The van der Waals surface area contributed by atoms with Crippen LogP contribution in [0.3, 0.4) is 0 Å². The summed E-state index contributed by atoms with van der Waals surface area (Å²) in [6.07, 6.45) is 5.17. The molecule has 0 bridgehead atoms. The van der Waals surface area contributed by atoms with Crippen LogP contribution in [0.4, 0.5) is 0 Å². The van der Waals surface area contributed by atoms with Crippen molar-refractivity contribution < 1.29 is 13.2 Å². The Balaban J connectivity index is 2.10. The van der Waals surface area contributed by atoms with E-state index in [0.29, 0.717) is 17.0 Å². The van der Waals surface area contributed by atoms with Gasteiger partial charge in [0.15, 0.2) is 0 Å². The van der Waals surface area contributed by atoms with Crippen molar-refractivity contribution in [1.29, 1.82) is 0 Å². The second-order valence-corrected chi connectivity index (χ2v) is 10.3. The Kier molecular flexibility index (Phi) is 6.76. The average Bonchev–Trinajstić information content (AvgIpc) is 2.71. The van der Waals surface area contributed by atoms with Gasteiger partial charge in [-0.05, 0) is 28.7 Å². The van der Waals surface area contributed by atoms with Crippen LogP contribution < -0.4 is 21.1 Å². The number of nitrogens with zero attached hydrogens (tertiary/aromatic N) is 1. The Hall–Kier alpha value is -3.43.